The molecule has 1 rings (SSSR count). The topological polar surface area (TPSA) is 46.2 Å². The monoisotopic (exact) mass is 223 g/mol. The second kappa shape index (κ2) is 3.83. The highest BCUT2D eigenvalue weighted by molar-refractivity contribution is 5.96. The number of carbonyl (C=O) groups is 2. The smallest absolute Gasteiger partial charge is 0.346 e. The fraction of sp³-hybridized carbons (Fsp3) is 0.778. The van der Waals surface area contributed by atoms with Crippen LogP contribution in [0.3, 0.4) is 0 Å². The van der Waals surface area contributed by atoms with Gasteiger partial charge < -0.3 is 5.32 Å². The van der Waals surface area contributed by atoms with Crippen molar-refractivity contribution >= 4 is 11.7 Å². The molecule has 0 saturated heterocycles. The van der Waals surface area contributed by atoms with Crippen LogP contribution in [0, 0.1) is 11.8 Å². The standard InChI is InChI=1S/C9H12F3NO2/c1-4(2)8(15)13-6-3-5(7(6)14)9(10,11)12/h4-6H,3H2,1-2H3,(H,13,15)/t5-,6+/m0/s1. The first-order valence-corrected chi connectivity index (χ1v) is 4.64. The van der Waals surface area contributed by atoms with Crippen molar-refractivity contribution in [1.29, 1.82) is 0 Å². The molecule has 0 spiro atoms. The Hall–Kier alpha value is -1.07. The maximum absolute atomic E-state index is 12.1. The highest BCUT2D eigenvalue weighted by Gasteiger charge is 2.55. The highest BCUT2D eigenvalue weighted by atomic mass is 19.4. The molecule has 0 unspecified atom stereocenters. The van der Waals surface area contributed by atoms with Crippen molar-refractivity contribution in [3.8, 4) is 0 Å². The summed E-state index contributed by atoms with van der Waals surface area (Å²) in [6.45, 7) is 3.22. The van der Waals surface area contributed by atoms with Gasteiger partial charge in [-0.1, -0.05) is 13.8 Å². The third-order valence-electron chi connectivity index (χ3n) is 2.39. The summed E-state index contributed by atoms with van der Waals surface area (Å²) in [4.78, 5) is 22.1. The molecular weight excluding hydrogens is 211 g/mol. The summed E-state index contributed by atoms with van der Waals surface area (Å²) in [6.07, 6.45) is -4.81. The van der Waals surface area contributed by atoms with E-state index in [-0.39, 0.29) is 12.3 Å². The molecule has 1 N–H and O–H groups in total. The normalized spacial score (nSPS) is 26.4. The first-order chi connectivity index (χ1) is 6.73. The Labute approximate surface area is 85.0 Å². The first-order valence-electron chi connectivity index (χ1n) is 4.64. The second-order valence-electron chi connectivity index (χ2n) is 3.95. The van der Waals surface area contributed by atoms with E-state index in [0.29, 0.717) is 0 Å². The van der Waals surface area contributed by atoms with Gasteiger partial charge in [-0.25, -0.2) is 0 Å². The van der Waals surface area contributed by atoms with Crippen LogP contribution in [0.4, 0.5) is 13.2 Å². The Morgan fingerprint density at radius 2 is 2.00 bits per heavy atom. The van der Waals surface area contributed by atoms with Crippen molar-refractivity contribution in [1.82, 2.24) is 5.32 Å². The molecule has 86 valence electrons. The van der Waals surface area contributed by atoms with Gasteiger partial charge >= 0.3 is 6.18 Å². The number of hydrogen-bond acceptors (Lipinski definition) is 2. The van der Waals surface area contributed by atoms with Crippen molar-refractivity contribution in [2.24, 2.45) is 11.8 Å². The zero-order valence-corrected chi connectivity index (χ0v) is 8.39. The quantitative estimate of drug-likeness (QED) is 0.766. The summed E-state index contributed by atoms with van der Waals surface area (Å²) >= 11 is 0. The maximum Gasteiger partial charge on any atom is 0.398 e. The van der Waals surface area contributed by atoms with Gasteiger partial charge in [-0.15, -0.1) is 0 Å². The third kappa shape index (κ3) is 2.49. The predicted octanol–water partition coefficient (Wildman–Crippen LogP) is 1.28. The molecule has 3 nitrogen and oxygen atoms in total. The number of alkyl halides is 3. The summed E-state index contributed by atoms with van der Waals surface area (Å²) in [5, 5.41) is 2.28. The molecule has 1 aliphatic rings. The van der Waals surface area contributed by atoms with Gasteiger partial charge in [0.1, 0.15) is 5.92 Å². The average Bonchev–Trinajstić information content (AvgIpc) is 2.07. The van der Waals surface area contributed by atoms with E-state index < -0.39 is 29.8 Å². The number of nitrogens with one attached hydrogen (secondary N) is 1. The highest BCUT2D eigenvalue weighted by Crippen LogP contribution is 2.38. The average molecular weight is 223 g/mol. The SMILES string of the molecule is CC(C)C(=O)N[C@@H]1C[C@H](C(F)(F)F)C1=O. The molecule has 1 aliphatic carbocycles. The Morgan fingerprint density at radius 1 is 1.47 bits per heavy atom. The van der Waals surface area contributed by atoms with Crippen LogP contribution in [0.25, 0.3) is 0 Å². The molecule has 0 heterocycles. The van der Waals surface area contributed by atoms with Gasteiger partial charge in [0.2, 0.25) is 5.91 Å². The number of Topliss-reactive ketones (excluding diaryl/α,β-unsaturated/α-hetero) is 1. The van der Waals surface area contributed by atoms with Crippen molar-refractivity contribution in [2.45, 2.75) is 32.5 Å². The number of hydrogen-bond donors (Lipinski definition) is 1. The minimum absolute atomic E-state index is 0.331. The van der Waals surface area contributed by atoms with Gasteiger partial charge in [0.25, 0.3) is 0 Å². The Balaban J connectivity index is 2.47. The van der Waals surface area contributed by atoms with E-state index in [9.17, 15) is 22.8 Å². The molecule has 15 heavy (non-hydrogen) atoms. The number of halogens is 3. The van der Waals surface area contributed by atoms with Crippen molar-refractivity contribution in [3.63, 3.8) is 0 Å². The van der Waals surface area contributed by atoms with E-state index in [1.165, 1.54) is 0 Å². The number of ketones is 1. The van der Waals surface area contributed by atoms with E-state index >= 15 is 0 Å². The van der Waals surface area contributed by atoms with E-state index in [1.54, 1.807) is 13.8 Å². The molecule has 1 fully saturated rings. The second-order valence-corrected chi connectivity index (χ2v) is 3.95. The zero-order valence-electron chi connectivity index (χ0n) is 8.39. The molecule has 0 aromatic carbocycles. The minimum atomic E-state index is -4.48. The summed E-state index contributed by atoms with van der Waals surface area (Å²) in [6, 6.07) is -0.952. The van der Waals surface area contributed by atoms with Crippen molar-refractivity contribution in [3.05, 3.63) is 0 Å². The Kier molecular flexibility index (Phi) is 3.06. The van der Waals surface area contributed by atoms with Crippen molar-refractivity contribution < 1.29 is 22.8 Å². The fourth-order valence-electron chi connectivity index (χ4n) is 1.31. The molecule has 0 aromatic heterocycles. The molecule has 0 radical (unpaired) electrons. The van der Waals surface area contributed by atoms with Crippen molar-refractivity contribution in [2.75, 3.05) is 0 Å². The van der Waals surface area contributed by atoms with Crippen LogP contribution in [0.15, 0.2) is 0 Å². The van der Waals surface area contributed by atoms with Crippen LogP contribution < -0.4 is 5.32 Å². The Morgan fingerprint density at radius 3 is 2.33 bits per heavy atom. The van der Waals surface area contributed by atoms with Crippen LogP contribution >= 0.6 is 0 Å². The van der Waals surface area contributed by atoms with Crippen LogP contribution in [0.1, 0.15) is 20.3 Å². The largest absolute Gasteiger partial charge is 0.398 e. The summed E-state index contributed by atoms with van der Waals surface area (Å²) < 4.78 is 36.3. The molecular formula is C9H12F3NO2. The van der Waals surface area contributed by atoms with Gasteiger partial charge in [-0.05, 0) is 6.42 Å². The number of amides is 1. The summed E-state index contributed by atoms with van der Waals surface area (Å²) in [7, 11) is 0. The van der Waals surface area contributed by atoms with Gasteiger partial charge in [0.15, 0.2) is 5.78 Å². The van der Waals surface area contributed by atoms with Crippen LogP contribution in [-0.2, 0) is 9.59 Å². The lowest BCUT2D eigenvalue weighted by atomic mass is 9.78. The minimum Gasteiger partial charge on any atom is -0.346 e. The van der Waals surface area contributed by atoms with E-state index in [1.807, 2.05) is 0 Å². The fourth-order valence-corrected chi connectivity index (χ4v) is 1.31. The number of carbonyl (C=O) groups excluding carboxylic acids is 2. The lowest BCUT2D eigenvalue weighted by molar-refractivity contribution is -0.198. The summed E-state index contributed by atoms with van der Waals surface area (Å²) in [5.41, 5.74) is 0. The van der Waals surface area contributed by atoms with E-state index in [0.717, 1.165) is 0 Å². The van der Waals surface area contributed by atoms with E-state index in [4.69, 9.17) is 0 Å². The Bertz CT molecular complexity index is 286. The predicted molar refractivity (Wildman–Crippen MR) is 45.9 cm³/mol. The maximum atomic E-state index is 12.1. The molecule has 0 bridgehead atoms. The lowest BCUT2D eigenvalue weighted by Gasteiger charge is -2.35. The third-order valence-corrected chi connectivity index (χ3v) is 2.39. The van der Waals surface area contributed by atoms with Crippen LogP contribution in [-0.4, -0.2) is 23.9 Å². The first kappa shape index (κ1) is 12.0. The van der Waals surface area contributed by atoms with E-state index in [2.05, 4.69) is 5.32 Å². The molecule has 1 amide bonds. The van der Waals surface area contributed by atoms with Gasteiger partial charge in [0.05, 0.1) is 6.04 Å². The van der Waals surface area contributed by atoms with Gasteiger partial charge in [0, 0.05) is 5.92 Å². The van der Waals surface area contributed by atoms with Gasteiger partial charge in [-0.3, -0.25) is 9.59 Å². The molecule has 2 atom stereocenters. The lowest BCUT2D eigenvalue weighted by Crippen LogP contribution is -2.58. The molecule has 1 saturated carbocycles. The molecule has 6 heteroatoms. The molecule has 0 aliphatic heterocycles. The van der Waals surface area contributed by atoms with Crippen LogP contribution in [0.2, 0.25) is 0 Å². The summed E-state index contributed by atoms with van der Waals surface area (Å²) in [5.74, 6) is -3.55. The van der Waals surface area contributed by atoms with Gasteiger partial charge in [-0.2, -0.15) is 13.2 Å². The zero-order chi connectivity index (χ0) is 11.8. The number of rotatable bonds is 2. The molecule has 0 aromatic rings. The van der Waals surface area contributed by atoms with Crippen LogP contribution in [0.5, 0.6) is 0 Å².